The quantitative estimate of drug-likeness (QED) is 0.623. The summed E-state index contributed by atoms with van der Waals surface area (Å²) >= 11 is 1.60. The van der Waals surface area contributed by atoms with Crippen molar-refractivity contribution in [3.05, 3.63) is 58.9 Å². The third-order valence-corrected chi connectivity index (χ3v) is 7.50. The second kappa shape index (κ2) is 8.77. The first kappa shape index (κ1) is 21.3. The Morgan fingerprint density at radius 1 is 1.09 bits per heavy atom. The van der Waals surface area contributed by atoms with Gasteiger partial charge in [0.05, 0.1) is 10.2 Å². The average Bonchev–Trinajstić information content (AvgIpc) is 3.45. The van der Waals surface area contributed by atoms with Crippen LogP contribution in [0.1, 0.15) is 42.0 Å². The van der Waals surface area contributed by atoms with E-state index in [4.69, 9.17) is 9.72 Å². The fourth-order valence-electron chi connectivity index (χ4n) is 4.48. The lowest BCUT2D eigenvalue weighted by atomic mass is 10.0. The first-order chi connectivity index (χ1) is 15.5. The van der Waals surface area contributed by atoms with E-state index >= 15 is 0 Å². The average molecular weight is 455 g/mol. The number of hydrogen-bond acceptors (Lipinski definition) is 6. The van der Waals surface area contributed by atoms with Gasteiger partial charge in [0.15, 0.2) is 0 Å². The maximum absolute atomic E-state index is 13.2. The minimum Gasteiger partial charge on any atom is -0.467 e. The number of thiazole rings is 1. The maximum atomic E-state index is 13.2. The summed E-state index contributed by atoms with van der Waals surface area (Å²) in [5.41, 5.74) is 10.7. The highest BCUT2D eigenvalue weighted by Crippen LogP contribution is 2.34. The van der Waals surface area contributed by atoms with Gasteiger partial charge in [-0.25, -0.2) is 20.2 Å². The number of likely N-dealkylation sites (tertiary alicyclic amines) is 1. The lowest BCUT2D eigenvalue weighted by molar-refractivity contribution is -0.135. The molecule has 1 aromatic heterocycles. The molecule has 5 rings (SSSR count). The number of aryl methyl sites for hydroxylation is 2. The van der Waals surface area contributed by atoms with Crippen molar-refractivity contribution in [2.24, 2.45) is 0 Å². The number of halogens is 1. The van der Waals surface area contributed by atoms with Gasteiger partial charge in [-0.3, -0.25) is 4.79 Å². The number of piperidine rings is 1. The number of ether oxygens (including phenoxy) is 1. The van der Waals surface area contributed by atoms with Crippen LogP contribution in [-0.4, -0.2) is 41.0 Å². The summed E-state index contributed by atoms with van der Waals surface area (Å²) in [6.07, 6.45) is 2.30. The van der Waals surface area contributed by atoms with Gasteiger partial charge >= 0.3 is 0 Å². The second-order valence-electron chi connectivity index (χ2n) is 8.68. The molecule has 0 aliphatic carbocycles. The fourth-order valence-corrected chi connectivity index (χ4v) is 5.51. The van der Waals surface area contributed by atoms with Crippen molar-refractivity contribution in [1.82, 2.24) is 20.7 Å². The topological polar surface area (TPSA) is 66.5 Å². The first-order valence-corrected chi connectivity index (χ1v) is 11.9. The number of nitrogens with zero attached hydrogens (tertiary/aromatic N) is 2. The Labute approximate surface area is 190 Å². The van der Waals surface area contributed by atoms with E-state index < -0.39 is 0 Å². The number of hydrazine groups is 1. The number of rotatable bonds is 4. The standard InChI is InChI=1S/C24H27FN4O2S/c1-14-3-4-15(2)22-21(14)26-24(32-22)31-18-9-11-29(12-10-18)23(30)20-13-19(27-28-20)16-5-7-17(25)8-6-16/h3-8,18-20,27-28H,9-13H2,1-2H3. The maximum Gasteiger partial charge on any atom is 0.274 e. The van der Waals surface area contributed by atoms with Gasteiger partial charge in [0.2, 0.25) is 5.91 Å². The van der Waals surface area contributed by atoms with Crippen LogP contribution in [0.3, 0.4) is 0 Å². The van der Waals surface area contributed by atoms with E-state index in [0.717, 1.165) is 29.5 Å². The van der Waals surface area contributed by atoms with Crippen LogP contribution in [-0.2, 0) is 4.79 Å². The molecule has 2 unspecified atom stereocenters. The number of carbonyl (C=O) groups is 1. The second-order valence-corrected chi connectivity index (χ2v) is 9.64. The van der Waals surface area contributed by atoms with E-state index in [9.17, 15) is 9.18 Å². The molecule has 0 bridgehead atoms. The number of hydrogen-bond donors (Lipinski definition) is 2. The monoisotopic (exact) mass is 454 g/mol. The Morgan fingerprint density at radius 3 is 2.53 bits per heavy atom. The minimum atomic E-state index is -0.280. The molecular weight excluding hydrogens is 427 g/mol. The van der Waals surface area contributed by atoms with E-state index in [1.54, 1.807) is 23.5 Å². The predicted octanol–water partition coefficient (Wildman–Crippen LogP) is 4.03. The Bertz CT molecular complexity index is 1090. The highest BCUT2D eigenvalue weighted by Gasteiger charge is 2.34. The van der Waals surface area contributed by atoms with Gasteiger partial charge in [-0.1, -0.05) is 35.6 Å². The molecule has 2 fully saturated rings. The minimum absolute atomic E-state index is 0.00336. The summed E-state index contributed by atoms with van der Waals surface area (Å²) in [6.45, 7) is 5.51. The van der Waals surface area contributed by atoms with Crippen LogP contribution in [0.4, 0.5) is 4.39 Å². The largest absolute Gasteiger partial charge is 0.467 e. The molecule has 2 aliphatic rings. The van der Waals surface area contributed by atoms with Crippen molar-refractivity contribution < 1.29 is 13.9 Å². The molecule has 2 N–H and O–H groups in total. The van der Waals surface area contributed by atoms with Crippen LogP contribution in [0.2, 0.25) is 0 Å². The normalized spacial score (nSPS) is 21.9. The smallest absolute Gasteiger partial charge is 0.274 e. The van der Waals surface area contributed by atoms with Crippen molar-refractivity contribution in [3.8, 4) is 5.19 Å². The van der Waals surface area contributed by atoms with Crippen LogP contribution in [0.5, 0.6) is 5.19 Å². The highest BCUT2D eigenvalue weighted by molar-refractivity contribution is 7.20. The molecule has 2 aromatic carbocycles. The predicted molar refractivity (Wildman–Crippen MR) is 123 cm³/mol. The molecule has 0 spiro atoms. The van der Waals surface area contributed by atoms with Crippen molar-refractivity contribution in [2.75, 3.05) is 13.1 Å². The number of amides is 1. The Morgan fingerprint density at radius 2 is 1.81 bits per heavy atom. The van der Waals surface area contributed by atoms with Crippen molar-refractivity contribution in [2.45, 2.75) is 51.3 Å². The molecule has 3 heterocycles. The van der Waals surface area contributed by atoms with Gasteiger partial charge in [-0.05, 0) is 49.1 Å². The van der Waals surface area contributed by atoms with Crippen molar-refractivity contribution >= 4 is 27.5 Å². The third-order valence-electron chi connectivity index (χ3n) is 6.42. The van der Waals surface area contributed by atoms with E-state index in [2.05, 4.69) is 36.8 Å². The number of benzene rings is 2. The molecule has 6 nitrogen and oxygen atoms in total. The van der Waals surface area contributed by atoms with Crippen LogP contribution in [0.15, 0.2) is 36.4 Å². The third kappa shape index (κ3) is 4.22. The van der Waals surface area contributed by atoms with Crippen LogP contribution in [0, 0.1) is 19.7 Å². The van der Waals surface area contributed by atoms with E-state index in [1.807, 2.05) is 4.90 Å². The summed E-state index contributed by atoms with van der Waals surface area (Å²) < 4.78 is 20.6. The summed E-state index contributed by atoms with van der Waals surface area (Å²) in [5, 5.41) is 0.714. The van der Waals surface area contributed by atoms with E-state index in [1.165, 1.54) is 22.4 Å². The van der Waals surface area contributed by atoms with Crippen molar-refractivity contribution in [3.63, 3.8) is 0 Å². The molecule has 32 heavy (non-hydrogen) atoms. The lowest BCUT2D eigenvalue weighted by Gasteiger charge is -2.33. The van der Waals surface area contributed by atoms with E-state index in [-0.39, 0.29) is 29.9 Å². The van der Waals surface area contributed by atoms with Crippen LogP contribution in [0.25, 0.3) is 10.2 Å². The molecule has 3 aromatic rings. The van der Waals surface area contributed by atoms with Crippen LogP contribution < -0.4 is 15.6 Å². The van der Waals surface area contributed by atoms with Crippen LogP contribution >= 0.6 is 11.3 Å². The molecule has 8 heteroatoms. The summed E-state index contributed by atoms with van der Waals surface area (Å²) in [7, 11) is 0. The fraction of sp³-hybridized carbons (Fsp3) is 0.417. The Kier molecular flexibility index (Phi) is 5.84. The van der Waals surface area contributed by atoms with Gasteiger partial charge in [-0.2, -0.15) is 0 Å². The zero-order valence-electron chi connectivity index (χ0n) is 18.2. The van der Waals surface area contributed by atoms with Gasteiger partial charge in [0, 0.05) is 32.0 Å². The first-order valence-electron chi connectivity index (χ1n) is 11.1. The summed E-state index contributed by atoms with van der Waals surface area (Å²) in [6, 6.07) is 10.4. The SMILES string of the molecule is Cc1ccc(C)c2sc(OC3CCN(C(=O)C4CC(c5ccc(F)cc5)NN4)CC3)nc12. The zero-order chi connectivity index (χ0) is 22.2. The van der Waals surface area contributed by atoms with Gasteiger partial charge in [0.1, 0.15) is 18.0 Å². The lowest BCUT2D eigenvalue weighted by Crippen LogP contribution is -2.49. The molecule has 1 amide bonds. The Hall–Kier alpha value is -2.55. The zero-order valence-corrected chi connectivity index (χ0v) is 19.0. The van der Waals surface area contributed by atoms with E-state index in [0.29, 0.717) is 24.7 Å². The summed E-state index contributed by atoms with van der Waals surface area (Å²) in [4.78, 5) is 19.6. The highest BCUT2D eigenvalue weighted by atomic mass is 32.1. The van der Waals surface area contributed by atoms with Crippen molar-refractivity contribution in [1.29, 1.82) is 0 Å². The molecule has 0 radical (unpaired) electrons. The van der Waals surface area contributed by atoms with Gasteiger partial charge in [-0.15, -0.1) is 0 Å². The van der Waals surface area contributed by atoms with Gasteiger partial charge in [0.25, 0.3) is 5.19 Å². The number of aromatic nitrogens is 1. The summed E-state index contributed by atoms with van der Waals surface area (Å²) in [5.74, 6) is -0.152. The molecule has 2 aliphatic heterocycles. The van der Waals surface area contributed by atoms with Gasteiger partial charge < -0.3 is 9.64 Å². The molecule has 168 valence electrons. The Balaban J connectivity index is 1.15. The number of nitrogens with one attached hydrogen (secondary N) is 2. The molecular formula is C24H27FN4O2S. The number of carbonyl (C=O) groups excluding carboxylic acids is 1. The number of fused-ring (bicyclic) bond motifs is 1. The molecule has 2 saturated heterocycles. The molecule has 2 atom stereocenters. The molecule has 0 saturated carbocycles.